The van der Waals surface area contributed by atoms with E-state index in [-0.39, 0.29) is 22.9 Å². The van der Waals surface area contributed by atoms with Crippen LogP contribution in [0.5, 0.6) is 5.75 Å². The number of hydrogen-bond donors (Lipinski definition) is 0. The van der Waals surface area contributed by atoms with Crippen molar-refractivity contribution in [1.29, 1.82) is 0 Å². The van der Waals surface area contributed by atoms with Crippen LogP contribution in [-0.4, -0.2) is 15.8 Å². The fraction of sp³-hybridized carbons (Fsp3) is 0.350. The summed E-state index contributed by atoms with van der Waals surface area (Å²) in [7, 11) is -4.50. The maximum Gasteiger partial charge on any atom is 0.382 e. The van der Waals surface area contributed by atoms with E-state index in [4.69, 9.17) is 20.5 Å². The van der Waals surface area contributed by atoms with Gasteiger partial charge in [0.15, 0.2) is 0 Å². The first kappa shape index (κ1) is 22.2. The van der Waals surface area contributed by atoms with Gasteiger partial charge in [0.25, 0.3) is 0 Å². The average molecular weight is 428 g/mol. The Bertz CT molecular complexity index is 975. The van der Waals surface area contributed by atoms with Crippen LogP contribution in [0.2, 0.25) is 5.02 Å². The summed E-state index contributed by atoms with van der Waals surface area (Å²) in [6, 6.07) is 10.1. The Kier molecular flexibility index (Phi) is 6.72. The lowest BCUT2D eigenvalue weighted by Crippen LogP contribution is -2.23. The minimum Gasteiger partial charge on any atom is -0.456 e. The molecule has 0 aliphatic rings. The molecule has 0 saturated heterocycles. The fourth-order valence-electron chi connectivity index (χ4n) is 2.29. The highest BCUT2D eigenvalue weighted by molar-refractivity contribution is 7.84. The van der Waals surface area contributed by atoms with Crippen molar-refractivity contribution in [2.75, 3.05) is 0 Å². The van der Waals surface area contributed by atoms with Gasteiger partial charge in [0.1, 0.15) is 11.4 Å². The zero-order valence-electron chi connectivity index (χ0n) is 16.4. The summed E-state index contributed by atoms with van der Waals surface area (Å²) in [5.41, 5.74) is 0.614. The third kappa shape index (κ3) is 6.49. The third-order valence-electron chi connectivity index (χ3n) is 3.51. The first-order valence-electron chi connectivity index (χ1n) is 8.65. The maximum absolute atomic E-state index is 14.3. The van der Waals surface area contributed by atoms with Crippen LogP contribution >= 0.6 is 11.6 Å². The molecule has 0 saturated carbocycles. The van der Waals surface area contributed by atoms with Gasteiger partial charge in [0.2, 0.25) is 0 Å². The molecule has 0 aliphatic heterocycles. The number of ether oxygens (including phenoxy) is 1. The summed E-state index contributed by atoms with van der Waals surface area (Å²) >= 11 is 6.15. The van der Waals surface area contributed by atoms with Crippen molar-refractivity contribution in [1.82, 2.24) is 0 Å². The highest BCUT2D eigenvalue weighted by Crippen LogP contribution is 2.29. The summed E-state index contributed by atoms with van der Waals surface area (Å²) in [5, 5.41) is 0.410. The van der Waals surface area contributed by atoms with E-state index in [1.54, 1.807) is 26.8 Å². The zero-order valence-corrected chi connectivity index (χ0v) is 17.9. The highest BCUT2D eigenvalue weighted by atomic mass is 35.5. The second-order valence-corrected chi connectivity index (χ2v) is 9.05. The summed E-state index contributed by atoms with van der Waals surface area (Å²) in [6.07, 6.45) is 0. The molecule has 0 aliphatic carbocycles. The molecular formula is C20H23ClFNO4S. The third-order valence-corrected chi connectivity index (χ3v) is 4.66. The number of benzene rings is 2. The molecule has 0 fully saturated rings. The van der Waals surface area contributed by atoms with Crippen molar-refractivity contribution in [2.24, 2.45) is 4.36 Å². The molecule has 0 bridgehead atoms. The summed E-state index contributed by atoms with van der Waals surface area (Å²) in [4.78, 5) is 12.0. The molecule has 0 radical (unpaired) electrons. The molecular weight excluding hydrogens is 405 g/mol. The predicted octanol–water partition coefficient (Wildman–Crippen LogP) is 6.40. The van der Waals surface area contributed by atoms with Crippen LogP contribution in [0, 0.1) is 0 Å². The van der Waals surface area contributed by atoms with Gasteiger partial charge < -0.3 is 8.92 Å². The van der Waals surface area contributed by atoms with Crippen molar-refractivity contribution in [2.45, 2.75) is 46.1 Å². The average Bonchev–Trinajstić information content (AvgIpc) is 2.52. The van der Waals surface area contributed by atoms with Crippen LogP contribution in [0.15, 0.2) is 46.8 Å². The molecule has 0 spiro atoms. The Labute approximate surface area is 170 Å². The Morgan fingerprint density at radius 2 is 1.75 bits per heavy atom. The van der Waals surface area contributed by atoms with E-state index >= 15 is 0 Å². The van der Waals surface area contributed by atoms with Crippen molar-refractivity contribution >= 4 is 33.7 Å². The normalized spacial score (nSPS) is 13.7. The molecule has 28 heavy (non-hydrogen) atoms. The number of halogens is 2. The lowest BCUT2D eigenvalue weighted by atomic mass is 10.0. The summed E-state index contributed by atoms with van der Waals surface area (Å²) in [6.45, 7) is 9.20. The topological polar surface area (TPSA) is 65.0 Å². The van der Waals surface area contributed by atoms with Crippen molar-refractivity contribution in [3.8, 4) is 5.75 Å². The van der Waals surface area contributed by atoms with Crippen molar-refractivity contribution in [3.05, 3.63) is 58.6 Å². The quantitative estimate of drug-likeness (QED) is 0.409. The Morgan fingerprint density at radius 1 is 1.14 bits per heavy atom. The molecule has 2 aromatic rings. The Hall–Kier alpha value is -2.12. The fourth-order valence-corrected chi connectivity index (χ4v) is 3.43. The highest BCUT2D eigenvalue weighted by Gasteiger charge is 2.18. The minimum atomic E-state index is -4.50. The van der Waals surface area contributed by atoms with Crippen LogP contribution in [0.4, 0.5) is 9.57 Å². The number of carbonyl (C=O) groups excluding carboxylic acids is 1. The molecule has 1 unspecified atom stereocenters. The lowest BCUT2D eigenvalue weighted by molar-refractivity contribution is 0.00695. The number of carbonyl (C=O) groups is 1. The smallest absolute Gasteiger partial charge is 0.382 e. The standard InChI is InChI=1S/C20H23ClFNO4S/c1-13(2)17-11-8-15(12-18(17)21)23-28(22,25)27-16-9-6-14(7-10-16)19(24)26-20(3,4)5/h6-13H,1-5H3. The molecule has 0 heterocycles. The molecule has 8 heteroatoms. The van der Waals surface area contributed by atoms with Crippen LogP contribution in [0.25, 0.3) is 0 Å². The largest absolute Gasteiger partial charge is 0.456 e. The van der Waals surface area contributed by atoms with Crippen molar-refractivity contribution < 1.29 is 21.8 Å². The van der Waals surface area contributed by atoms with Gasteiger partial charge in [-0.05, 0) is 68.7 Å². The van der Waals surface area contributed by atoms with Gasteiger partial charge in [-0.2, -0.15) is 4.21 Å². The van der Waals surface area contributed by atoms with E-state index in [1.807, 2.05) is 13.8 Å². The molecule has 0 amide bonds. The van der Waals surface area contributed by atoms with Gasteiger partial charge in [-0.3, -0.25) is 0 Å². The van der Waals surface area contributed by atoms with E-state index in [2.05, 4.69) is 4.36 Å². The van der Waals surface area contributed by atoms with E-state index in [0.717, 1.165) is 5.56 Å². The van der Waals surface area contributed by atoms with Gasteiger partial charge in [-0.15, -0.1) is 4.36 Å². The van der Waals surface area contributed by atoms with Gasteiger partial charge in [0.05, 0.1) is 11.3 Å². The van der Waals surface area contributed by atoms with E-state index in [1.165, 1.54) is 36.4 Å². The SMILES string of the molecule is CC(C)c1ccc(N=S(=O)(F)Oc2ccc(C(=O)OC(C)(C)C)cc2)cc1Cl. The molecule has 2 rings (SSSR count). The predicted molar refractivity (Wildman–Crippen MR) is 109 cm³/mol. The first-order valence-corrected chi connectivity index (χ1v) is 10.4. The number of esters is 1. The van der Waals surface area contributed by atoms with Crippen LogP contribution in [0.3, 0.4) is 0 Å². The molecule has 5 nitrogen and oxygen atoms in total. The summed E-state index contributed by atoms with van der Waals surface area (Å²) < 4.78 is 40.0. The van der Waals surface area contributed by atoms with Crippen molar-refractivity contribution in [3.63, 3.8) is 0 Å². The molecule has 1 atom stereocenters. The van der Waals surface area contributed by atoms with E-state index in [9.17, 15) is 12.9 Å². The monoisotopic (exact) mass is 427 g/mol. The number of hydrogen-bond acceptors (Lipinski definition) is 5. The van der Waals surface area contributed by atoms with Gasteiger partial charge >= 0.3 is 16.4 Å². The molecule has 2 aromatic carbocycles. The van der Waals surface area contributed by atoms with Gasteiger partial charge in [-0.1, -0.05) is 35.4 Å². The van der Waals surface area contributed by atoms with E-state index < -0.39 is 22.0 Å². The minimum absolute atomic E-state index is 0.0338. The first-order chi connectivity index (χ1) is 12.9. The lowest BCUT2D eigenvalue weighted by Gasteiger charge is -2.19. The van der Waals surface area contributed by atoms with Gasteiger partial charge in [0, 0.05) is 5.02 Å². The Balaban J connectivity index is 2.17. The summed E-state index contributed by atoms with van der Waals surface area (Å²) in [5.74, 6) is -0.367. The van der Waals surface area contributed by atoms with E-state index in [0.29, 0.717) is 5.02 Å². The Morgan fingerprint density at radius 3 is 2.25 bits per heavy atom. The maximum atomic E-state index is 14.3. The van der Waals surface area contributed by atoms with Crippen LogP contribution in [-0.2, 0) is 15.1 Å². The molecule has 152 valence electrons. The number of nitrogens with zero attached hydrogens (tertiary/aromatic N) is 1. The number of rotatable bonds is 5. The molecule has 0 aromatic heterocycles. The van der Waals surface area contributed by atoms with Crippen LogP contribution < -0.4 is 4.18 Å². The second-order valence-electron chi connectivity index (χ2n) is 7.47. The second kappa shape index (κ2) is 8.49. The zero-order chi connectivity index (χ0) is 21.1. The van der Waals surface area contributed by atoms with Gasteiger partial charge in [-0.25, -0.2) is 4.79 Å². The van der Waals surface area contributed by atoms with Crippen LogP contribution in [0.1, 0.15) is 56.5 Å². The molecule has 0 N–H and O–H groups in total.